The van der Waals surface area contributed by atoms with Crippen LogP contribution in [0.25, 0.3) is 6.08 Å². The van der Waals surface area contributed by atoms with Gasteiger partial charge in [-0.05, 0) is 30.2 Å². The molecule has 0 aliphatic rings. The second kappa shape index (κ2) is 5.22. The maximum Gasteiger partial charge on any atom is 0.123 e. The number of carbonyl (C=O) groups is 1. The number of rotatable bonds is 4. The lowest BCUT2D eigenvalue weighted by molar-refractivity contribution is -0.107. The molecule has 74 valence electrons. The van der Waals surface area contributed by atoms with Crippen LogP contribution in [0, 0.1) is 6.92 Å². The van der Waals surface area contributed by atoms with Crippen LogP contribution in [-0.2, 0) is 4.79 Å². The van der Waals surface area contributed by atoms with E-state index in [9.17, 15) is 4.79 Å². The second-order valence-electron chi connectivity index (χ2n) is 3.09. The molecule has 0 atom stereocenters. The summed E-state index contributed by atoms with van der Waals surface area (Å²) in [5.41, 5.74) is 2.21. The molecule has 0 radical (unpaired) electrons. The minimum absolute atomic E-state index is 0.455. The fraction of sp³-hybridized carbons (Fsp3) is 0.250. The molecule has 2 nitrogen and oxygen atoms in total. The predicted molar refractivity (Wildman–Crippen MR) is 57.4 cm³/mol. The molecule has 0 saturated carbocycles. The summed E-state index contributed by atoms with van der Waals surface area (Å²) in [5.74, 6) is 0.843. The zero-order valence-corrected chi connectivity index (χ0v) is 8.49. The molecule has 0 aliphatic carbocycles. The van der Waals surface area contributed by atoms with Crippen molar-refractivity contribution in [2.75, 3.05) is 7.11 Å². The fourth-order valence-electron chi connectivity index (χ4n) is 1.25. The summed E-state index contributed by atoms with van der Waals surface area (Å²) in [5, 5.41) is 0. The Morgan fingerprint density at radius 2 is 2.14 bits per heavy atom. The summed E-state index contributed by atoms with van der Waals surface area (Å²) in [6.07, 6.45) is 5.09. The van der Waals surface area contributed by atoms with Crippen molar-refractivity contribution in [1.29, 1.82) is 0 Å². The Hall–Kier alpha value is -1.57. The van der Waals surface area contributed by atoms with Crippen LogP contribution < -0.4 is 4.74 Å². The zero-order chi connectivity index (χ0) is 10.4. The molecule has 0 amide bonds. The highest BCUT2D eigenvalue weighted by atomic mass is 16.5. The van der Waals surface area contributed by atoms with Gasteiger partial charge in [-0.15, -0.1) is 0 Å². The minimum Gasteiger partial charge on any atom is -0.497 e. The van der Waals surface area contributed by atoms with E-state index in [1.807, 2.05) is 37.3 Å². The third kappa shape index (κ3) is 3.05. The molecule has 1 aromatic carbocycles. The number of carbonyl (C=O) groups excluding carboxylic acids is 1. The molecule has 0 unspecified atom stereocenters. The number of allylic oxidation sites excluding steroid dienone is 1. The molecule has 0 N–H and O–H groups in total. The van der Waals surface area contributed by atoms with Gasteiger partial charge in [0.1, 0.15) is 12.0 Å². The Labute approximate surface area is 84.2 Å². The Morgan fingerprint density at radius 1 is 1.36 bits per heavy atom. The molecule has 0 heterocycles. The van der Waals surface area contributed by atoms with Gasteiger partial charge in [0.15, 0.2) is 0 Å². The van der Waals surface area contributed by atoms with Gasteiger partial charge < -0.3 is 9.53 Å². The van der Waals surface area contributed by atoms with E-state index in [0.717, 1.165) is 23.2 Å². The van der Waals surface area contributed by atoms with Gasteiger partial charge >= 0.3 is 0 Å². The van der Waals surface area contributed by atoms with Crippen LogP contribution in [0.15, 0.2) is 24.3 Å². The lowest BCUT2D eigenvalue weighted by Gasteiger charge is -2.02. The third-order valence-electron chi connectivity index (χ3n) is 1.85. The van der Waals surface area contributed by atoms with Crippen molar-refractivity contribution in [3.8, 4) is 5.75 Å². The molecule has 1 rings (SSSR count). The third-order valence-corrected chi connectivity index (χ3v) is 1.85. The quantitative estimate of drug-likeness (QED) is 0.682. The van der Waals surface area contributed by atoms with Crippen LogP contribution in [0.3, 0.4) is 0 Å². The maximum absolute atomic E-state index is 10.1. The van der Waals surface area contributed by atoms with Gasteiger partial charge in [0, 0.05) is 6.42 Å². The molecule has 0 bridgehead atoms. The molecule has 0 aliphatic heterocycles. The molecule has 2 heteroatoms. The molecular weight excluding hydrogens is 176 g/mol. The molecule has 0 aromatic heterocycles. The first-order valence-electron chi connectivity index (χ1n) is 4.52. The van der Waals surface area contributed by atoms with Crippen molar-refractivity contribution in [2.45, 2.75) is 13.3 Å². The smallest absolute Gasteiger partial charge is 0.123 e. The number of hydrogen-bond acceptors (Lipinski definition) is 2. The summed E-state index contributed by atoms with van der Waals surface area (Å²) < 4.78 is 5.14. The fourth-order valence-corrected chi connectivity index (χ4v) is 1.25. The summed E-state index contributed by atoms with van der Waals surface area (Å²) in [6, 6.07) is 5.95. The highest BCUT2D eigenvalue weighted by Crippen LogP contribution is 2.17. The van der Waals surface area contributed by atoms with E-state index >= 15 is 0 Å². The average Bonchev–Trinajstić information content (AvgIpc) is 2.17. The molecule has 0 saturated heterocycles. The Morgan fingerprint density at radius 3 is 2.79 bits per heavy atom. The van der Waals surface area contributed by atoms with Gasteiger partial charge in [0.2, 0.25) is 0 Å². The molecule has 1 aromatic rings. The van der Waals surface area contributed by atoms with Crippen LogP contribution in [0.1, 0.15) is 17.5 Å². The highest BCUT2D eigenvalue weighted by Gasteiger charge is 1.94. The van der Waals surface area contributed by atoms with Gasteiger partial charge in [-0.3, -0.25) is 0 Å². The van der Waals surface area contributed by atoms with Gasteiger partial charge in [-0.1, -0.05) is 18.2 Å². The topological polar surface area (TPSA) is 26.3 Å². The van der Waals surface area contributed by atoms with Crippen LogP contribution in [0.5, 0.6) is 5.75 Å². The monoisotopic (exact) mass is 190 g/mol. The number of hydrogen-bond donors (Lipinski definition) is 0. The van der Waals surface area contributed by atoms with Crippen LogP contribution >= 0.6 is 0 Å². The van der Waals surface area contributed by atoms with Crippen molar-refractivity contribution < 1.29 is 9.53 Å². The summed E-state index contributed by atoms with van der Waals surface area (Å²) >= 11 is 0. The van der Waals surface area contributed by atoms with E-state index in [2.05, 4.69) is 0 Å². The van der Waals surface area contributed by atoms with Gasteiger partial charge in [0.05, 0.1) is 7.11 Å². The van der Waals surface area contributed by atoms with E-state index in [4.69, 9.17) is 4.74 Å². The maximum atomic E-state index is 10.1. The largest absolute Gasteiger partial charge is 0.497 e. The normalized spacial score (nSPS) is 10.4. The van der Waals surface area contributed by atoms with E-state index in [0.29, 0.717) is 6.42 Å². The van der Waals surface area contributed by atoms with Crippen molar-refractivity contribution in [1.82, 2.24) is 0 Å². The van der Waals surface area contributed by atoms with E-state index in [-0.39, 0.29) is 0 Å². The average molecular weight is 190 g/mol. The second-order valence-corrected chi connectivity index (χ2v) is 3.09. The molecule has 0 fully saturated rings. The van der Waals surface area contributed by atoms with E-state index in [1.165, 1.54) is 0 Å². The Balaban J connectivity index is 2.86. The highest BCUT2D eigenvalue weighted by molar-refractivity contribution is 5.59. The standard InChI is InChI=1S/C12H14O2/c1-10-7-11(5-3-4-6-13)9-12(8-10)14-2/h3,5-9H,4H2,1-2H3. The number of aryl methyl sites for hydroxylation is 1. The SMILES string of the molecule is COc1cc(C)cc(C=CCC=O)c1. The van der Waals surface area contributed by atoms with Gasteiger partial charge in [0.25, 0.3) is 0 Å². The number of aldehydes is 1. The van der Waals surface area contributed by atoms with Crippen LogP contribution in [-0.4, -0.2) is 13.4 Å². The van der Waals surface area contributed by atoms with Crippen molar-refractivity contribution in [2.24, 2.45) is 0 Å². The number of benzene rings is 1. The van der Waals surface area contributed by atoms with E-state index in [1.54, 1.807) is 7.11 Å². The first-order valence-corrected chi connectivity index (χ1v) is 4.52. The lowest BCUT2D eigenvalue weighted by Crippen LogP contribution is -1.85. The Bertz CT molecular complexity index is 340. The summed E-state index contributed by atoms with van der Waals surface area (Å²) in [7, 11) is 1.65. The minimum atomic E-state index is 0.455. The first-order chi connectivity index (χ1) is 6.76. The molecular formula is C12H14O2. The molecule has 14 heavy (non-hydrogen) atoms. The van der Waals surface area contributed by atoms with Gasteiger partial charge in [-0.2, -0.15) is 0 Å². The van der Waals surface area contributed by atoms with Crippen LogP contribution in [0.2, 0.25) is 0 Å². The van der Waals surface area contributed by atoms with E-state index < -0.39 is 0 Å². The van der Waals surface area contributed by atoms with Crippen molar-refractivity contribution >= 4 is 12.4 Å². The number of ether oxygens (including phenoxy) is 1. The Kier molecular flexibility index (Phi) is 3.92. The number of methoxy groups -OCH3 is 1. The predicted octanol–water partition coefficient (Wildman–Crippen LogP) is 2.61. The lowest BCUT2D eigenvalue weighted by atomic mass is 10.1. The van der Waals surface area contributed by atoms with Crippen molar-refractivity contribution in [3.63, 3.8) is 0 Å². The first kappa shape index (κ1) is 10.5. The zero-order valence-electron chi connectivity index (χ0n) is 8.49. The van der Waals surface area contributed by atoms with Crippen molar-refractivity contribution in [3.05, 3.63) is 35.4 Å². The summed E-state index contributed by atoms with van der Waals surface area (Å²) in [6.45, 7) is 2.01. The molecule has 0 spiro atoms. The van der Waals surface area contributed by atoms with Crippen LogP contribution in [0.4, 0.5) is 0 Å². The summed E-state index contributed by atoms with van der Waals surface area (Å²) in [4.78, 5) is 10.1. The van der Waals surface area contributed by atoms with Gasteiger partial charge in [-0.25, -0.2) is 0 Å².